The van der Waals surface area contributed by atoms with E-state index >= 15 is 0 Å². The number of nitrogens with zero attached hydrogens (tertiary/aromatic N) is 4. The summed E-state index contributed by atoms with van der Waals surface area (Å²) in [6, 6.07) is 58.8. The summed E-state index contributed by atoms with van der Waals surface area (Å²) in [6.45, 7) is 0. The molecule has 0 saturated carbocycles. The van der Waals surface area contributed by atoms with E-state index in [-0.39, 0.29) is 0 Å². The minimum Gasteiger partial charge on any atom is -0.309 e. The van der Waals surface area contributed by atoms with Crippen molar-refractivity contribution in [2.24, 2.45) is 0 Å². The molecule has 0 atom stereocenters. The number of aromatic nitrogens is 2. The van der Waals surface area contributed by atoms with Crippen molar-refractivity contribution in [1.29, 1.82) is 10.5 Å². The van der Waals surface area contributed by atoms with Gasteiger partial charge in [0.15, 0.2) is 0 Å². The zero-order chi connectivity index (χ0) is 32.2. The molecule has 9 aromatic rings. The van der Waals surface area contributed by atoms with Crippen LogP contribution < -0.4 is 0 Å². The van der Waals surface area contributed by atoms with Gasteiger partial charge in [0.1, 0.15) is 6.07 Å². The van der Waals surface area contributed by atoms with Gasteiger partial charge < -0.3 is 9.13 Å². The third-order valence-corrected chi connectivity index (χ3v) is 9.41. The molecule has 7 aromatic carbocycles. The Labute approximate surface area is 277 Å². The molecule has 0 N–H and O–H groups in total. The van der Waals surface area contributed by atoms with Crippen LogP contribution >= 0.6 is 0 Å². The lowest BCUT2D eigenvalue weighted by Gasteiger charge is -2.17. The van der Waals surface area contributed by atoms with E-state index in [9.17, 15) is 10.5 Å². The lowest BCUT2D eigenvalue weighted by atomic mass is 9.94. The molecule has 2 heterocycles. The lowest BCUT2D eigenvalue weighted by molar-refractivity contribution is 1.17. The van der Waals surface area contributed by atoms with Crippen LogP contribution in [0.3, 0.4) is 0 Å². The van der Waals surface area contributed by atoms with Gasteiger partial charge in [-0.25, -0.2) is 0 Å². The largest absolute Gasteiger partial charge is 0.309 e. The molecule has 9 rings (SSSR count). The van der Waals surface area contributed by atoms with E-state index in [0.717, 1.165) is 66.5 Å². The Balaban J connectivity index is 1.26. The number of fused-ring (bicyclic) bond motifs is 6. The fourth-order valence-corrected chi connectivity index (χ4v) is 7.33. The molecule has 2 aromatic heterocycles. The summed E-state index contributed by atoms with van der Waals surface area (Å²) in [4.78, 5) is 0. The monoisotopic (exact) mass is 610 g/mol. The van der Waals surface area contributed by atoms with Crippen molar-refractivity contribution >= 4 is 43.6 Å². The molecule has 0 spiro atoms. The van der Waals surface area contributed by atoms with E-state index in [4.69, 9.17) is 0 Å². The summed E-state index contributed by atoms with van der Waals surface area (Å²) in [5, 5.41) is 25.3. The highest BCUT2D eigenvalue weighted by Gasteiger charge is 2.20. The van der Waals surface area contributed by atoms with Crippen LogP contribution in [-0.2, 0) is 0 Å². The summed E-state index contributed by atoms with van der Waals surface area (Å²) in [5.41, 5.74) is 11.1. The van der Waals surface area contributed by atoms with E-state index in [1.54, 1.807) is 0 Å². The van der Waals surface area contributed by atoms with Gasteiger partial charge >= 0.3 is 0 Å². The van der Waals surface area contributed by atoms with Crippen molar-refractivity contribution in [3.05, 3.63) is 169 Å². The van der Waals surface area contributed by atoms with Gasteiger partial charge in [-0.15, -0.1) is 0 Å². The van der Waals surface area contributed by atoms with Gasteiger partial charge in [0.05, 0.1) is 45.0 Å². The molecule has 0 fully saturated rings. The van der Waals surface area contributed by atoms with Crippen LogP contribution in [0.4, 0.5) is 0 Å². The molecular formula is C44H26N4. The molecule has 0 radical (unpaired) electrons. The molecule has 4 nitrogen and oxygen atoms in total. The van der Waals surface area contributed by atoms with E-state index in [2.05, 4.69) is 137 Å². The number of nitriles is 2. The van der Waals surface area contributed by atoms with E-state index in [1.165, 1.54) is 10.8 Å². The smallest absolute Gasteiger partial charge is 0.101 e. The Morgan fingerprint density at radius 3 is 1.40 bits per heavy atom. The summed E-state index contributed by atoms with van der Waals surface area (Å²) >= 11 is 0. The van der Waals surface area contributed by atoms with Gasteiger partial charge in [-0.3, -0.25) is 0 Å². The van der Waals surface area contributed by atoms with Crippen LogP contribution in [0.2, 0.25) is 0 Å². The average molecular weight is 611 g/mol. The molecule has 0 aliphatic heterocycles. The molecular weight excluding hydrogens is 585 g/mol. The van der Waals surface area contributed by atoms with Gasteiger partial charge in [0, 0.05) is 38.4 Å². The third-order valence-electron chi connectivity index (χ3n) is 9.41. The van der Waals surface area contributed by atoms with Crippen LogP contribution in [0, 0.1) is 22.7 Å². The first-order valence-corrected chi connectivity index (χ1v) is 15.9. The highest BCUT2D eigenvalue weighted by molar-refractivity contribution is 6.10. The van der Waals surface area contributed by atoms with Crippen LogP contribution in [0.25, 0.3) is 77.2 Å². The average Bonchev–Trinajstić information content (AvgIpc) is 3.67. The molecule has 48 heavy (non-hydrogen) atoms. The van der Waals surface area contributed by atoms with Gasteiger partial charge in [-0.2, -0.15) is 10.5 Å². The Morgan fingerprint density at radius 2 is 0.854 bits per heavy atom. The van der Waals surface area contributed by atoms with Crippen molar-refractivity contribution < 1.29 is 0 Å². The van der Waals surface area contributed by atoms with Crippen molar-refractivity contribution in [3.63, 3.8) is 0 Å². The van der Waals surface area contributed by atoms with Gasteiger partial charge in [-0.05, 0) is 65.7 Å². The first kappa shape index (κ1) is 27.4. The number of para-hydroxylation sites is 5. The zero-order valence-electron chi connectivity index (χ0n) is 25.8. The van der Waals surface area contributed by atoms with Crippen molar-refractivity contribution in [1.82, 2.24) is 9.13 Å². The Bertz CT molecular complexity index is 2710. The second-order valence-corrected chi connectivity index (χ2v) is 12.0. The van der Waals surface area contributed by atoms with Gasteiger partial charge in [0.25, 0.3) is 0 Å². The van der Waals surface area contributed by atoms with Crippen LogP contribution in [0.1, 0.15) is 11.1 Å². The summed E-state index contributed by atoms with van der Waals surface area (Å²) in [7, 11) is 0. The highest BCUT2D eigenvalue weighted by Crippen LogP contribution is 2.40. The highest BCUT2D eigenvalue weighted by atomic mass is 15.0. The predicted octanol–water partition coefficient (Wildman–Crippen LogP) is 11.0. The molecule has 0 aliphatic rings. The minimum absolute atomic E-state index is 0.593. The molecule has 0 amide bonds. The maximum Gasteiger partial charge on any atom is 0.101 e. The number of rotatable bonds is 4. The standard InChI is InChI=1S/C44H26N4/c45-27-31-23-24-33(47-40-19-5-1-14-35(40)36-15-2-6-20-41(36)47)26-39(31)30-12-9-11-29(25-30)34-18-10-13-32(28-46)44(34)48-42-21-7-3-16-37(42)38-17-4-8-22-43(38)48/h1-26H. The SMILES string of the molecule is N#Cc1ccc(-n2c3ccccc3c3ccccc32)cc1-c1cccc(-c2cccc(C#N)c2-n2c3ccccc3c3ccccc32)c1. The van der Waals surface area contributed by atoms with Crippen molar-refractivity contribution in [3.8, 4) is 45.8 Å². The quantitative estimate of drug-likeness (QED) is 0.199. The number of hydrogen-bond acceptors (Lipinski definition) is 2. The Kier molecular flexibility index (Phi) is 6.22. The van der Waals surface area contributed by atoms with Crippen molar-refractivity contribution in [2.75, 3.05) is 0 Å². The maximum absolute atomic E-state index is 10.4. The fourth-order valence-electron chi connectivity index (χ4n) is 7.33. The molecule has 0 unspecified atom stereocenters. The normalized spacial score (nSPS) is 11.3. The summed E-state index contributed by atoms with van der Waals surface area (Å²) < 4.78 is 4.49. The molecule has 0 saturated heterocycles. The van der Waals surface area contributed by atoms with Crippen LogP contribution in [-0.4, -0.2) is 9.13 Å². The second-order valence-electron chi connectivity index (χ2n) is 12.0. The van der Waals surface area contributed by atoms with Gasteiger partial charge in [0.2, 0.25) is 0 Å². The molecule has 0 bridgehead atoms. The number of hydrogen-bond donors (Lipinski definition) is 0. The third kappa shape index (κ3) is 4.07. The van der Waals surface area contributed by atoms with E-state index in [0.29, 0.717) is 11.1 Å². The van der Waals surface area contributed by atoms with Gasteiger partial charge in [-0.1, -0.05) is 103 Å². The zero-order valence-corrected chi connectivity index (χ0v) is 25.8. The summed E-state index contributed by atoms with van der Waals surface area (Å²) in [6.07, 6.45) is 0. The van der Waals surface area contributed by atoms with E-state index in [1.807, 2.05) is 42.5 Å². The predicted molar refractivity (Wildman–Crippen MR) is 195 cm³/mol. The molecule has 4 heteroatoms. The number of benzene rings is 7. The second kappa shape index (κ2) is 10.9. The first-order valence-electron chi connectivity index (χ1n) is 15.9. The maximum atomic E-state index is 10.4. The summed E-state index contributed by atoms with van der Waals surface area (Å²) in [5.74, 6) is 0. The Morgan fingerprint density at radius 1 is 0.375 bits per heavy atom. The van der Waals surface area contributed by atoms with E-state index < -0.39 is 0 Å². The Hall–Kier alpha value is -6.88. The molecule has 222 valence electrons. The van der Waals surface area contributed by atoms with Crippen LogP contribution in [0.5, 0.6) is 0 Å². The first-order chi connectivity index (χ1) is 23.7. The fraction of sp³-hybridized carbons (Fsp3) is 0. The van der Waals surface area contributed by atoms with Crippen molar-refractivity contribution in [2.45, 2.75) is 0 Å². The van der Waals surface area contributed by atoms with Crippen LogP contribution in [0.15, 0.2) is 158 Å². The topological polar surface area (TPSA) is 57.4 Å². The molecule has 0 aliphatic carbocycles. The lowest BCUT2D eigenvalue weighted by Crippen LogP contribution is -2.01. The minimum atomic E-state index is 0.593.